The fourth-order valence-corrected chi connectivity index (χ4v) is 3.73. The Labute approximate surface area is 175 Å². The highest BCUT2D eigenvalue weighted by Gasteiger charge is 2.31. The number of furan rings is 1. The Balaban J connectivity index is 1.69. The number of benzene rings is 1. The van der Waals surface area contributed by atoms with Gasteiger partial charge in [0.2, 0.25) is 5.91 Å². The second-order valence-electron chi connectivity index (χ2n) is 7.32. The number of hydrogen-bond donors (Lipinski definition) is 3. The van der Waals surface area contributed by atoms with Crippen LogP contribution in [0.25, 0.3) is 11.3 Å². The van der Waals surface area contributed by atoms with Crippen molar-refractivity contribution >= 4 is 23.6 Å². The maximum atomic E-state index is 12.7. The largest absolute Gasteiger partial charge is 0.453 e. The van der Waals surface area contributed by atoms with Crippen LogP contribution in [0.1, 0.15) is 42.7 Å². The molecule has 0 aliphatic heterocycles. The van der Waals surface area contributed by atoms with E-state index in [0.29, 0.717) is 11.4 Å². The zero-order valence-corrected chi connectivity index (χ0v) is 17.2. The van der Waals surface area contributed by atoms with Crippen molar-refractivity contribution in [2.45, 2.75) is 38.1 Å². The average molecular weight is 413 g/mol. The molecule has 1 fully saturated rings. The number of anilines is 1. The summed E-state index contributed by atoms with van der Waals surface area (Å²) in [7, 11) is 2.87. The van der Waals surface area contributed by atoms with Gasteiger partial charge in [0.15, 0.2) is 5.76 Å². The minimum absolute atomic E-state index is 0.131. The number of hydrogen-bond acceptors (Lipinski definition) is 5. The quantitative estimate of drug-likeness (QED) is 0.671. The molecule has 30 heavy (non-hydrogen) atoms. The number of nitrogens with one attached hydrogen (secondary N) is 3. The number of amides is 3. The molecule has 0 unspecified atom stereocenters. The van der Waals surface area contributed by atoms with Crippen LogP contribution >= 0.6 is 0 Å². The molecule has 0 bridgehead atoms. The molecule has 8 heteroatoms. The molecule has 1 aromatic carbocycles. The lowest BCUT2D eigenvalue weighted by Crippen LogP contribution is -2.50. The van der Waals surface area contributed by atoms with Gasteiger partial charge in [-0.15, -0.1) is 0 Å². The van der Waals surface area contributed by atoms with Crippen molar-refractivity contribution in [3.63, 3.8) is 0 Å². The topological polar surface area (TPSA) is 110 Å². The highest BCUT2D eigenvalue weighted by molar-refractivity contribution is 5.96. The van der Waals surface area contributed by atoms with Gasteiger partial charge in [-0.3, -0.25) is 14.9 Å². The van der Waals surface area contributed by atoms with Crippen LogP contribution < -0.4 is 16.0 Å². The average Bonchev–Trinajstić information content (AvgIpc) is 3.28. The summed E-state index contributed by atoms with van der Waals surface area (Å²) < 4.78 is 10.3. The van der Waals surface area contributed by atoms with Crippen LogP contribution in [0.2, 0.25) is 0 Å². The van der Waals surface area contributed by atoms with E-state index in [1.165, 1.54) is 13.5 Å². The second kappa shape index (κ2) is 9.96. The molecule has 0 spiro atoms. The molecule has 0 saturated heterocycles. The molecular formula is C22H27N3O5. The van der Waals surface area contributed by atoms with Crippen molar-refractivity contribution < 1.29 is 23.5 Å². The zero-order chi connectivity index (χ0) is 21.5. The zero-order valence-electron chi connectivity index (χ0n) is 17.2. The van der Waals surface area contributed by atoms with E-state index in [-0.39, 0.29) is 17.6 Å². The lowest BCUT2D eigenvalue weighted by atomic mass is 9.83. The first-order valence-electron chi connectivity index (χ1n) is 10.1. The Morgan fingerprint density at radius 3 is 2.37 bits per heavy atom. The summed E-state index contributed by atoms with van der Waals surface area (Å²) in [6, 6.07) is 9.67. The van der Waals surface area contributed by atoms with E-state index < -0.39 is 18.0 Å². The Bertz CT molecular complexity index is 884. The number of carbonyl (C=O) groups is 3. The van der Waals surface area contributed by atoms with Crippen LogP contribution in [0.5, 0.6) is 0 Å². The third-order valence-electron chi connectivity index (χ3n) is 5.37. The number of ether oxygens (including phenoxy) is 1. The lowest BCUT2D eigenvalue weighted by molar-refractivity contribution is -0.124. The van der Waals surface area contributed by atoms with Gasteiger partial charge in [0.05, 0.1) is 7.11 Å². The molecule has 1 heterocycles. The predicted molar refractivity (Wildman–Crippen MR) is 112 cm³/mol. The number of methoxy groups -OCH3 is 1. The minimum atomic E-state index is -0.569. The summed E-state index contributed by atoms with van der Waals surface area (Å²) in [5.74, 6) is 0.192. The molecule has 3 N–H and O–H groups in total. The van der Waals surface area contributed by atoms with Gasteiger partial charge in [0, 0.05) is 18.3 Å². The molecule has 2 aromatic rings. The van der Waals surface area contributed by atoms with E-state index in [4.69, 9.17) is 4.42 Å². The van der Waals surface area contributed by atoms with E-state index in [9.17, 15) is 14.4 Å². The molecule has 1 aromatic heterocycles. The first-order chi connectivity index (χ1) is 14.5. The molecular weight excluding hydrogens is 386 g/mol. The van der Waals surface area contributed by atoms with E-state index in [2.05, 4.69) is 20.7 Å². The number of likely N-dealkylation sites (N-methyl/N-ethyl adjacent to an activating group) is 1. The molecule has 1 atom stereocenters. The summed E-state index contributed by atoms with van der Waals surface area (Å²) in [4.78, 5) is 36.3. The van der Waals surface area contributed by atoms with Crippen molar-refractivity contribution in [1.29, 1.82) is 0 Å². The Morgan fingerprint density at radius 1 is 1.03 bits per heavy atom. The normalized spacial score (nSPS) is 15.1. The van der Waals surface area contributed by atoms with Crippen molar-refractivity contribution in [2.24, 2.45) is 5.92 Å². The first kappa shape index (κ1) is 21.4. The minimum Gasteiger partial charge on any atom is -0.453 e. The smallest absolute Gasteiger partial charge is 0.411 e. The summed E-state index contributed by atoms with van der Waals surface area (Å²) >= 11 is 0. The van der Waals surface area contributed by atoms with E-state index in [0.717, 1.165) is 31.2 Å². The first-order valence-corrected chi connectivity index (χ1v) is 10.1. The van der Waals surface area contributed by atoms with Crippen LogP contribution in [0.4, 0.5) is 10.5 Å². The van der Waals surface area contributed by atoms with Gasteiger partial charge in [-0.2, -0.15) is 0 Å². The van der Waals surface area contributed by atoms with Gasteiger partial charge in [0.1, 0.15) is 11.8 Å². The summed E-state index contributed by atoms with van der Waals surface area (Å²) in [5.41, 5.74) is 1.33. The maximum Gasteiger partial charge on any atom is 0.411 e. The number of carbonyl (C=O) groups excluding carboxylic acids is 3. The highest BCUT2D eigenvalue weighted by atomic mass is 16.5. The Kier molecular flexibility index (Phi) is 7.11. The SMILES string of the molecule is CNC(=O)[C@@H](NC(=O)c1ccc(-c2ccc(NC(=O)OC)cc2)o1)C1CCCCC1. The molecule has 8 nitrogen and oxygen atoms in total. The van der Waals surface area contributed by atoms with Crippen LogP contribution in [-0.2, 0) is 9.53 Å². The second-order valence-corrected chi connectivity index (χ2v) is 7.32. The Morgan fingerprint density at radius 2 is 1.73 bits per heavy atom. The fraction of sp³-hybridized carbons (Fsp3) is 0.409. The van der Waals surface area contributed by atoms with Crippen LogP contribution in [0.15, 0.2) is 40.8 Å². The van der Waals surface area contributed by atoms with E-state index in [1.807, 2.05) is 0 Å². The van der Waals surface area contributed by atoms with E-state index >= 15 is 0 Å². The van der Waals surface area contributed by atoms with Gasteiger partial charge >= 0.3 is 6.09 Å². The molecule has 3 rings (SSSR count). The van der Waals surface area contributed by atoms with Gasteiger partial charge in [-0.05, 0) is 55.2 Å². The standard InChI is InChI=1S/C22H27N3O5/c1-23-21(27)19(15-6-4-3-5-7-15)25-20(26)18-13-12-17(30-18)14-8-10-16(11-9-14)24-22(28)29-2/h8-13,15,19H,3-7H2,1-2H3,(H,23,27)(H,24,28)(H,25,26)/t19-/m0/s1. The third-order valence-corrected chi connectivity index (χ3v) is 5.37. The summed E-state index contributed by atoms with van der Waals surface area (Å²) in [5, 5.41) is 8.07. The third kappa shape index (κ3) is 5.20. The summed E-state index contributed by atoms with van der Waals surface area (Å²) in [6.45, 7) is 0. The molecule has 0 radical (unpaired) electrons. The molecule has 160 valence electrons. The molecule has 3 amide bonds. The van der Waals surface area contributed by atoms with Crippen molar-refractivity contribution in [2.75, 3.05) is 19.5 Å². The maximum absolute atomic E-state index is 12.7. The number of rotatable bonds is 6. The van der Waals surface area contributed by atoms with E-state index in [1.54, 1.807) is 43.4 Å². The summed E-state index contributed by atoms with van der Waals surface area (Å²) in [6.07, 6.45) is 4.60. The monoisotopic (exact) mass is 413 g/mol. The van der Waals surface area contributed by atoms with Gasteiger partial charge in [-0.1, -0.05) is 19.3 Å². The fourth-order valence-electron chi connectivity index (χ4n) is 3.73. The van der Waals surface area contributed by atoms with Gasteiger partial charge in [-0.25, -0.2) is 4.79 Å². The highest BCUT2D eigenvalue weighted by Crippen LogP contribution is 2.28. The Hall–Kier alpha value is -3.29. The predicted octanol–water partition coefficient (Wildman–Crippen LogP) is 3.55. The van der Waals surface area contributed by atoms with Crippen molar-refractivity contribution in [1.82, 2.24) is 10.6 Å². The van der Waals surface area contributed by atoms with Crippen molar-refractivity contribution in [3.05, 3.63) is 42.2 Å². The lowest BCUT2D eigenvalue weighted by Gasteiger charge is -2.29. The van der Waals surface area contributed by atoms with Crippen LogP contribution in [0.3, 0.4) is 0 Å². The van der Waals surface area contributed by atoms with Gasteiger partial charge < -0.3 is 19.8 Å². The van der Waals surface area contributed by atoms with Gasteiger partial charge in [0.25, 0.3) is 5.91 Å². The van der Waals surface area contributed by atoms with Crippen LogP contribution in [-0.4, -0.2) is 38.1 Å². The van der Waals surface area contributed by atoms with Crippen LogP contribution in [0, 0.1) is 5.92 Å². The molecule has 1 aliphatic rings. The molecule has 1 saturated carbocycles. The van der Waals surface area contributed by atoms with Crippen molar-refractivity contribution in [3.8, 4) is 11.3 Å². The molecule has 1 aliphatic carbocycles.